The summed E-state index contributed by atoms with van der Waals surface area (Å²) in [5.74, 6) is -17.3. The zero-order valence-electron chi connectivity index (χ0n) is 77.0. The summed E-state index contributed by atoms with van der Waals surface area (Å²) in [4.78, 5) is 266. The Balaban J connectivity index is 1.10. The number of nitrogens with one attached hydrogen (secondary N) is 12. The van der Waals surface area contributed by atoms with Crippen molar-refractivity contribution in [3.63, 3.8) is 0 Å². The summed E-state index contributed by atoms with van der Waals surface area (Å²) < 4.78 is 1.81. The number of phenols is 1. The number of hydrogen-bond donors (Lipinski definition) is 18. The van der Waals surface area contributed by atoms with Crippen molar-refractivity contribution in [2.75, 3.05) is 65.4 Å². The summed E-state index contributed by atoms with van der Waals surface area (Å²) in [7, 11) is 5.73. The molecule has 134 heavy (non-hydrogen) atoms. The molecule has 42 nitrogen and oxygen atoms in total. The van der Waals surface area contributed by atoms with Crippen LogP contribution in [0.15, 0.2) is 97.7 Å². The topological polar surface area (TPSA) is 615 Å². The van der Waals surface area contributed by atoms with Crippen LogP contribution in [-0.4, -0.2) is 316 Å². The van der Waals surface area contributed by atoms with Crippen molar-refractivity contribution >= 4 is 134 Å². The zero-order valence-corrected chi connectivity index (χ0v) is 77.8. The number of likely N-dealkylation sites (N-methyl/N-ethyl adjacent to an activating group) is 3. The van der Waals surface area contributed by atoms with E-state index in [0.29, 0.717) is 64.4 Å². The van der Waals surface area contributed by atoms with Crippen LogP contribution >= 0.6 is 11.8 Å². The van der Waals surface area contributed by atoms with E-state index in [1.807, 2.05) is 36.6 Å². The Bertz CT molecular complexity index is 5160. The van der Waals surface area contributed by atoms with E-state index in [9.17, 15) is 58.5 Å². The number of thioether (sulfide) groups is 1. The molecule has 3 fully saturated rings. The number of unbranched alkanes of at least 4 members (excludes halogenated alkanes) is 2. The third kappa shape index (κ3) is 28.3. The summed E-state index contributed by atoms with van der Waals surface area (Å²) in [5.41, 5.74) is 20.3. The lowest BCUT2D eigenvalue weighted by molar-refractivity contribution is -0.149. The number of para-hydroxylation sites is 2. The third-order valence-electron chi connectivity index (χ3n) is 24.3. The predicted octanol–water partition coefficient (Wildman–Crippen LogP) is -2.44. The molecule has 15 atom stereocenters. The van der Waals surface area contributed by atoms with Crippen molar-refractivity contribution in [1.29, 1.82) is 0 Å². The second-order valence-corrected chi connectivity index (χ2v) is 35.9. The molecule has 3 aliphatic rings. The fourth-order valence-corrected chi connectivity index (χ4v) is 17.7. The van der Waals surface area contributed by atoms with Gasteiger partial charge in [-0.25, -0.2) is 4.98 Å². The molecule has 0 aliphatic carbocycles. The van der Waals surface area contributed by atoms with Gasteiger partial charge in [-0.1, -0.05) is 102 Å². The number of aromatic hydroxyl groups is 1. The second kappa shape index (κ2) is 49.6. The number of aliphatic hydroxyl groups is 2. The Labute approximate surface area is 780 Å². The minimum atomic E-state index is -1.88. The zero-order chi connectivity index (χ0) is 97.9. The van der Waals surface area contributed by atoms with Gasteiger partial charge >= 0.3 is 0 Å². The minimum absolute atomic E-state index is 0.00302. The Morgan fingerprint density at radius 1 is 0.567 bits per heavy atom. The van der Waals surface area contributed by atoms with E-state index in [1.54, 1.807) is 63.6 Å². The molecule has 3 saturated heterocycles. The number of amides is 17. The molecule has 0 bridgehead atoms. The number of nitrogens with zero attached hydrogens (tertiary/aromatic N) is 7. The molecule has 0 unspecified atom stereocenters. The lowest BCUT2D eigenvalue weighted by Gasteiger charge is -2.36. The molecule has 728 valence electrons. The van der Waals surface area contributed by atoms with Crippen LogP contribution in [0, 0.1) is 5.92 Å². The SMILES string of the molecule is CCCC[C@H]1C(=O)N(C)[C@@H](CCCC)C(=O)N[C@@H](CCCN)C(=O)N[C@H](C(=O)NCC(N)=O)CSCC(=O)N[C@@H](Cc2ccc(O)cc2)C(=O)N(C)[C@@H](C)C(=O)N[C@H](CC(N)=O)C(=O)N2CCC[C@H]2C(=O)N[C@@H](Cc2cnc[nH]2)C(=O)N[C@@H](CC(C)C)C(=O)N2C[C@H](O)C[C@H]2C(=O)N[C@@H](Cc2c[nH]c3ccccc23)C(=O)N[C@@H](CO)C(=O)N[C@@H](Cc2cn(C)c3ccccc23)C(=O)N1C. The highest BCUT2D eigenvalue weighted by Gasteiger charge is 2.47. The van der Waals surface area contributed by atoms with Gasteiger partial charge in [0.1, 0.15) is 90.3 Å². The first-order valence-electron chi connectivity index (χ1n) is 45.2. The van der Waals surface area contributed by atoms with Gasteiger partial charge in [-0.15, -0.1) is 11.8 Å². The highest BCUT2D eigenvalue weighted by atomic mass is 32.2. The number of fused-ring (bicyclic) bond motifs is 4. The number of primary amides is 2. The molecule has 43 heteroatoms. The van der Waals surface area contributed by atoms with Gasteiger partial charge in [0.05, 0.1) is 37.8 Å². The second-order valence-electron chi connectivity index (χ2n) is 34.8. The highest BCUT2D eigenvalue weighted by Crippen LogP contribution is 2.29. The van der Waals surface area contributed by atoms with Gasteiger partial charge in [-0.05, 0) is 105 Å². The van der Waals surface area contributed by atoms with Crippen molar-refractivity contribution in [3.05, 3.63) is 120 Å². The standard InChI is InChI=1S/C91H128N22O20S/c1-10-12-24-71-84(126)100-61(23-18-32-92)80(122)107-69(79(121)97-43-76(94)118)47-134-48-77(119)99-65(35-52-28-30-56(115)31-29-52)87(129)109(7)51(5)78(120)103-67(40-75(93)117)89(131)112-33-19-27-72(112)85(127)102-63(38-55-42-95-49-98-55)82(124)104-64(34-50(3)4)90(132)113-45-57(116)39-74(113)86(128)101-62(36-53-41-96-60-22-16-14-20-58(53)60)81(123)106-68(46-114)83(125)105-66(37-54-44-108(6)70-26-17-15-21-59(54)70)88(130)111(9)73(25-13-11-2)91(133)110(71)8/h14-17,20-22,26,28-31,41-42,44,49-51,57,61-69,71-74,96,114-116H,10-13,18-19,23-25,27,32-40,43,45-48,92H2,1-9H3,(H2,93,117)(H2,94,118)(H,95,98)(H,97,121)(H,99,119)(H,100,126)(H,101,128)(H,102,127)(H,103,120)(H,104,124)(H,105,125)(H,106,123)(H,107,122)/t51-,57+,61-,62-,63-,64-,65-,66-,67+,68-,69-,71-,72-,73-,74-/m0/s1. The molecule has 0 spiro atoms. The van der Waals surface area contributed by atoms with Crippen LogP contribution in [0.3, 0.4) is 0 Å². The molecular formula is C91H128N22O20S. The fraction of sp³-hybridized carbons (Fsp3) is 0.538. The number of H-pyrrole nitrogens is 2. The number of imidazole rings is 1. The number of benzene rings is 3. The first-order chi connectivity index (χ1) is 63.8. The van der Waals surface area contributed by atoms with Gasteiger partial charge in [-0.2, -0.15) is 0 Å². The summed E-state index contributed by atoms with van der Waals surface area (Å²) in [5, 5.41) is 60.8. The van der Waals surface area contributed by atoms with Crippen LogP contribution in [-0.2, 0) is 114 Å². The first kappa shape index (κ1) is 105. The predicted molar refractivity (Wildman–Crippen MR) is 494 cm³/mol. The van der Waals surface area contributed by atoms with Gasteiger partial charge in [0.15, 0.2) is 0 Å². The number of hydrogen-bond acceptors (Lipinski definition) is 23. The smallest absolute Gasteiger partial charge is 0.246 e. The molecule has 3 aromatic heterocycles. The lowest BCUT2D eigenvalue weighted by Crippen LogP contribution is -2.62. The number of aromatic nitrogens is 4. The van der Waals surface area contributed by atoms with Gasteiger partial charge in [-0.3, -0.25) is 81.5 Å². The van der Waals surface area contributed by atoms with E-state index in [2.05, 4.69) is 68.1 Å². The quantitative estimate of drug-likeness (QED) is 0.0283. The molecular weight excluding hydrogens is 1750 g/mol. The summed E-state index contributed by atoms with van der Waals surface area (Å²) >= 11 is 0.782. The van der Waals surface area contributed by atoms with E-state index >= 15 is 38.4 Å². The lowest BCUT2D eigenvalue weighted by atomic mass is 10.00. The molecule has 0 saturated carbocycles. The number of aryl methyl sites for hydroxylation is 1. The van der Waals surface area contributed by atoms with E-state index < -0.39 is 229 Å². The monoisotopic (exact) mass is 1880 g/mol. The number of carbonyl (C=O) groups is 17. The van der Waals surface area contributed by atoms with Gasteiger partial charge in [0, 0.05) is 125 Å². The maximum absolute atomic E-state index is 15.8. The largest absolute Gasteiger partial charge is 0.508 e. The van der Waals surface area contributed by atoms with Crippen molar-refractivity contribution in [3.8, 4) is 5.75 Å². The first-order valence-corrected chi connectivity index (χ1v) is 46.4. The van der Waals surface area contributed by atoms with E-state index in [-0.39, 0.29) is 102 Å². The van der Waals surface area contributed by atoms with Gasteiger partial charge < -0.3 is 125 Å². The van der Waals surface area contributed by atoms with E-state index in [1.165, 1.54) is 69.8 Å². The Kier molecular flexibility index (Phi) is 38.8. The normalized spacial score (nSPS) is 24.9. The summed E-state index contributed by atoms with van der Waals surface area (Å²) in [6.07, 6.45) is 4.18. The van der Waals surface area contributed by atoms with Crippen LogP contribution < -0.4 is 70.4 Å². The number of phenolic OH excluding ortho intramolecular Hbond substituents is 1. The van der Waals surface area contributed by atoms with Crippen LogP contribution in [0.25, 0.3) is 21.8 Å². The van der Waals surface area contributed by atoms with Crippen LogP contribution in [0.4, 0.5) is 0 Å². The molecule has 6 heterocycles. The van der Waals surface area contributed by atoms with Crippen molar-refractivity contribution in [2.24, 2.45) is 30.2 Å². The minimum Gasteiger partial charge on any atom is -0.508 e. The molecule has 6 aromatic rings. The van der Waals surface area contributed by atoms with Crippen LogP contribution in [0.1, 0.15) is 140 Å². The number of carbonyl (C=O) groups excluding carboxylic acids is 17. The van der Waals surface area contributed by atoms with Gasteiger partial charge in [0.25, 0.3) is 0 Å². The molecule has 0 radical (unpaired) electrons. The average molecular weight is 1880 g/mol. The molecule has 3 aliphatic heterocycles. The van der Waals surface area contributed by atoms with Crippen LogP contribution in [0.2, 0.25) is 0 Å². The maximum atomic E-state index is 15.8. The number of aliphatic hydroxyl groups excluding tert-OH is 2. The molecule has 21 N–H and O–H groups in total. The van der Waals surface area contributed by atoms with Gasteiger partial charge in [0.2, 0.25) is 100 Å². The van der Waals surface area contributed by atoms with E-state index in [4.69, 9.17) is 17.2 Å². The van der Waals surface area contributed by atoms with Crippen molar-refractivity contribution in [2.45, 2.75) is 234 Å². The Morgan fingerprint density at radius 2 is 1.14 bits per heavy atom. The average Bonchev–Trinajstić information content (AvgIpc) is 1.62. The molecule has 17 amide bonds. The van der Waals surface area contributed by atoms with E-state index in [0.717, 1.165) is 36.9 Å². The number of aromatic amines is 2. The van der Waals surface area contributed by atoms with Crippen LogP contribution in [0.5, 0.6) is 5.75 Å². The Morgan fingerprint density at radius 3 is 1.79 bits per heavy atom. The maximum Gasteiger partial charge on any atom is 0.246 e. The molecule has 9 rings (SSSR count). The highest BCUT2D eigenvalue weighted by molar-refractivity contribution is 8.00. The third-order valence-corrected chi connectivity index (χ3v) is 25.4. The number of nitrogens with two attached hydrogens (primary N) is 3. The number of rotatable bonds is 25. The summed E-state index contributed by atoms with van der Waals surface area (Å²) in [6.45, 7) is 6.11. The summed E-state index contributed by atoms with van der Waals surface area (Å²) in [6, 6.07) is -1.77. The van der Waals surface area contributed by atoms with Crippen molar-refractivity contribution in [1.82, 2.24) is 97.2 Å². The van der Waals surface area contributed by atoms with Crippen molar-refractivity contribution < 1.29 is 96.8 Å². The molecule has 3 aromatic carbocycles. The fourth-order valence-electron chi connectivity index (χ4n) is 16.9. The Hall–Kier alpha value is -13.0.